The summed E-state index contributed by atoms with van der Waals surface area (Å²) in [7, 11) is 0. The minimum Gasteiger partial charge on any atom is -0.481 e. The molecule has 92 valence electrons. The van der Waals surface area contributed by atoms with Crippen molar-refractivity contribution < 1.29 is 4.74 Å². The van der Waals surface area contributed by atoms with Crippen LogP contribution >= 0.6 is 0 Å². The Morgan fingerprint density at radius 3 is 3.00 bits per heavy atom. The quantitative estimate of drug-likeness (QED) is 0.722. The topological polar surface area (TPSA) is 63.7 Å². The average Bonchev–Trinajstić information content (AvgIpc) is 2.89. The van der Waals surface area contributed by atoms with Gasteiger partial charge in [-0.25, -0.2) is 4.98 Å². The van der Waals surface area contributed by atoms with Crippen LogP contribution in [0, 0.1) is 12.3 Å². The van der Waals surface area contributed by atoms with Crippen LogP contribution in [0.5, 0.6) is 5.75 Å². The van der Waals surface area contributed by atoms with Gasteiger partial charge >= 0.3 is 0 Å². The SMILES string of the molecule is C#CCOc1cccc(-c2nc3cnncc3[nH]2)c1. The number of rotatable bonds is 3. The molecule has 5 nitrogen and oxygen atoms in total. The van der Waals surface area contributed by atoms with E-state index >= 15 is 0 Å². The number of imidazole rings is 1. The lowest BCUT2D eigenvalue weighted by atomic mass is 10.2. The molecule has 0 bridgehead atoms. The highest BCUT2D eigenvalue weighted by Gasteiger charge is 2.06. The van der Waals surface area contributed by atoms with Gasteiger partial charge in [-0.05, 0) is 12.1 Å². The predicted molar refractivity (Wildman–Crippen MR) is 71.4 cm³/mol. The van der Waals surface area contributed by atoms with Gasteiger partial charge in [0.05, 0.1) is 17.9 Å². The van der Waals surface area contributed by atoms with Crippen LogP contribution in [0.25, 0.3) is 22.4 Å². The third-order valence-corrected chi connectivity index (χ3v) is 2.62. The van der Waals surface area contributed by atoms with Gasteiger partial charge in [0.25, 0.3) is 0 Å². The van der Waals surface area contributed by atoms with E-state index in [0.29, 0.717) is 5.75 Å². The fourth-order valence-electron chi connectivity index (χ4n) is 1.77. The minimum absolute atomic E-state index is 0.247. The van der Waals surface area contributed by atoms with Gasteiger partial charge in [0.1, 0.15) is 23.7 Å². The van der Waals surface area contributed by atoms with Gasteiger partial charge in [0.15, 0.2) is 0 Å². The molecule has 0 amide bonds. The number of benzene rings is 1. The van der Waals surface area contributed by atoms with Crippen molar-refractivity contribution in [2.45, 2.75) is 0 Å². The second-order valence-corrected chi connectivity index (χ2v) is 3.89. The first-order chi connectivity index (χ1) is 9.36. The van der Waals surface area contributed by atoms with Gasteiger partial charge in [-0.3, -0.25) is 0 Å². The average molecular weight is 250 g/mol. The maximum Gasteiger partial charge on any atom is 0.148 e. The Morgan fingerprint density at radius 1 is 1.26 bits per heavy atom. The molecule has 2 aromatic heterocycles. The van der Waals surface area contributed by atoms with Crippen molar-refractivity contribution >= 4 is 11.0 Å². The highest BCUT2D eigenvalue weighted by molar-refractivity contribution is 5.77. The molecule has 0 fully saturated rings. The van der Waals surface area contributed by atoms with Crippen LogP contribution in [-0.4, -0.2) is 26.8 Å². The monoisotopic (exact) mass is 250 g/mol. The number of ether oxygens (including phenoxy) is 1. The van der Waals surface area contributed by atoms with Gasteiger partial charge in [-0.2, -0.15) is 10.2 Å². The summed E-state index contributed by atoms with van der Waals surface area (Å²) in [4.78, 5) is 7.64. The lowest BCUT2D eigenvalue weighted by Gasteiger charge is -2.03. The number of hydrogen-bond donors (Lipinski definition) is 1. The van der Waals surface area contributed by atoms with E-state index in [-0.39, 0.29) is 6.61 Å². The van der Waals surface area contributed by atoms with Gasteiger partial charge in [-0.1, -0.05) is 18.1 Å². The Morgan fingerprint density at radius 2 is 2.16 bits per heavy atom. The molecule has 0 aliphatic carbocycles. The van der Waals surface area contributed by atoms with Crippen molar-refractivity contribution in [1.82, 2.24) is 20.2 Å². The molecule has 0 aliphatic rings. The first-order valence-corrected chi connectivity index (χ1v) is 5.70. The van der Waals surface area contributed by atoms with E-state index in [1.165, 1.54) is 0 Å². The van der Waals surface area contributed by atoms with Crippen molar-refractivity contribution in [3.8, 4) is 29.5 Å². The fraction of sp³-hybridized carbons (Fsp3) is 0.0714. The van der Waals surface area contributed by atoms with E-state index in [0.717, 1.165) is 22.4 Å². The highest BCUT2D eigenvalue weighted by atomic mass is 16.5. The summed E-state index contributed by atoms with van der Waals surface area (Å²) < 4.78 is 5.39. The molecule has 2 heterocycles. The second kappa shape index (κ2) is 4.78. The Hall–Kier alpha value is -2.87. The van der Waals surface area contributed by atoms with Gasteiger partial charge in [0, 0.05) is 5.56 Å². The zero-order valence-electron chi connectivity index (χ0n) is 10.00. The second-order valence-electron chi connectivity index (χ2n) is 3.89. The lowest BCUT2D eigenvalue weighted by molar-refractivity contribution is 0.370. The van der Waals surface area contributed by atoms with Crippen LogP contribution in [-0.2, 0) is 0 Å². The van der Waals surface area contributed by atoms with Crippen molar-refractivity contribution in [2.75, 3.05) is 6.61 Å². The predicted octanol–water partition coefficient (Wildman–Crippen LogP) is 2.03. The van der Waals surface area contributed by atoms with E-state index in [9.17, 15) is 0 Å². The van der Waals surface area contributed by atoms with Crippen molar-refractivity contribution in [2.24, 2.45) is 0 Å². The molecule has 0 unspecified atom stereocenters. The number of terminal acetylenes is 1. The molecule has 3 rings (SSSR count). The van der Waals surface area contributed by atoms with Crippen molar-refractivity contribution in [3.05, 3.63) is 36.7 Å². The first-order valence-electron chi connectivity index (χ1n) is 5.70. The molecule has 0 atom stereocenters. The highest BCUT2D eigenvalue weighted by Crippen LogP contribution is 2.23. The summed E-state index contributed by atoms with van der Waals surface area (Å²) in [6, 6.07) is 7.58. The molecule has 0 aliphatic heterocycles. The molecule has 0 spiro atoms. The standard InChI is InChI=1S/C14H10N4O/c1-2-6-19-11-5-3-4-10(7-11)14-17-12-8-15-16-9-13(12)18-14/h1,3-5,7-9H,6H2,(H,17,18). The van der Waals surface area contributed by atoms with E-state index in [1.807, 2.05) is 24.3 Å². The van der Waals surface area contributed by atoms with Crippen LogP contribution in [0.15, 0.2) is 36.7 Å². The molecule has 3 aromatic rings. The summed E-state index contributed by atoms with van der Waals surface area (Å²) in [6.45, 7) is 0.247. The van der Waals surface area contributed by atoms with Crippen molar-refractivity contribution in [1.29, 1.82) is 0 Å². The third kappa shape index (κ3) is 2.24. The van der Waals surface area contributed by atoms with Gasteiger partial charge in [0.2, 0.25) is 0 Å². The van der Waals surface area contributed by atoms with E-state index in [4.69, 9.17) is 11.2 Å². The van der Waals surface area contributed by atoms with Crippen LogP contribution in [0.3, 0.4) is 0 Å². The van der Waals surface area contributed by atoms with E-state index < -0.39 is 0 Å². The van der Waals surface area contributed by atoms with Crippen molar-refractivity contribution in [3.63, 3.8) is 0 Å². The zero-order valence-corrected chi connectivity index (χ0v) is 10.00. The largest absolute Gasteiger partial charge is 0.481 e. The van der Waals surface area contributed by atoms with Crippen LogP contribution in [0.4, 0.5) is 0 Å². The Labute approximate surface area is 109 Å². The molecule has 1 N–H and O–H groups in total. The fourth-order valence-corrected chi connectivity index (χ4v) is 1.77. The van der Waals surface area contributed by atoms with Crippen LogP contribution < -0.4 is 4.74 Å². The van der Waals surface area contributed by atoms with Crippen LogP contribution in [0.2, 0.25) is 0 Å². The first kappa shape index (κ1) is 11.2. The Balaban J connectivity index is 1.99. The number of H-pyrrole nitrogens is 1. The zero-order chi connectivity index (χ0) is 13.1. The summed E-state index contributed by atoms with van der Waals surface area (Å²) in [5.41, 5.74) is 2.55. The van der Waals surface area contributed by atoms with Crippen LogP contribution in [0.1, 0.15) is 0 Å². The molecular weight excluding hydrogens is 240 g/mol. The molecule has 19 heavy (non-hydrogen) atoms. The number of aromatic nitrogens is 4. The van der Waals surface area contributed by atoms with Gasteiger partial charge in [-0.15, -0.1) is 6.42 Å². The number of hydrogen-bond acceptors (Lipinski definition) is 4. The third-order valence-electron chi connectivity index (χ3n) is 2.62. The number of aromatic amines is 1. The summed E-state index contributed by atoms with van der Waals surface area (Å²) in [5.74, 6) is 3.90. The van der Waals surface area contributed by atoms with E-state index in [2.05, 4.69) is 26.1 Å². The number of fused-ring (bicyclic) bond motifs is 1. The normalized spacial score (nSPS) is 10.3. The maximum atomic E-state index is 5.39. The molecule has 1 aromatic carbocycles. The molecular formula is C14H10N4O. The number of nitrogens with one attached hydrogen (secondary N) is 1. The molecule has 0 saturated carbocycles. The molecule has 0 saturated heterocycles. The number of nitrogens with zero attached hydrogens (tertiary/aromatic N) is 3. The smallest absolute Gasteiger partial charge is 0.148 e. The Bertz CT molecular complexity index is 724. The minimum atomic E-state index is 0.247. The summed E-state index contributed by atoms with van der Waals surface area (Å²) in [6.07, 6.45) is 8.43. The molecule has 0 radical (unpaired) electrons. The summed E-state index contributed by atoms with van der Waals surface area (Å²) >= 11 is 0. The Kier molecular flexibility index (Phi) is 2.83. The molecule has 5 heteroatoms. The maximum absolute atomic E-state index is 5.39. The summed E-state index contributed by atoms with van der Waals surface area (Å²) in [5, 5.41) is 7.61. The van der Waals surface area contributed by atoms with Gasteiger partial charge < -0.3 is 9.72 Å². The van der Waals surface area contributed by atoms with E-state index in [1.54, 1.807) is 12.4 Å². The lowest BCUT2D eigenvalue weighted by Crippen LogP contribution is -1.93.